The molecule has 0 bridgehead atoms. The number of pyridine rings is 1. The third-order valence-electron chi connectivity index (χ3n) is 6.08. The van der Waals surface area contributed by atoms with Gasteiger partial charge in [-0.05, 0) is 41.0 Å². The van der Waals surface area contributed by atoms with Crippen molar-refractivity contribution in [1.82, 2.24) is 14.8 Å². The number of carbonyl (C=O) groups excluding carboxylic acids is 2. The van der Waals surface area contributed by atoms with Crippen LogP contribution in [0.5, 0.6) is 0 Å². The lowest BCUT2D eigenvalue weighted by molar-refractivity contribution is 0.0342. The number of amides is 2. The molecule has 168 valence electrons. The van der Waals surface area contributed by atoms with E-state index in [-0.39, 0.29) is 11.8 Å². The van der Waals surface area contributed by atoms with Crippen molar-refractivity contribution in [2.45, 2.75) is 19.6 Å². The van der Waals surface area contributed by atoms with Gasteiger partial charge in [-0.15, -0.1) is 0 Å². The van der Waals surface area contributed by atoms with Gasteiger partial charge in [0.2, 0.25) is 0 Å². The molecule has 7 nitrogen and oxygen atoms in total. The zero-order valence-electron chi connectivity index (χ0n) is 18.4. The highest BCUT2D eigenvalue weighted by molar-refractivity contribution is 6.13. The lowest BCUT2D eigenvalue weighted by atomic mass is 10.0. The first-order valence-electron chi connectivity index (χ1n) is 11.2. The molecule has 2 amide bonds. The molecule has 2 aliphatic rings. The lowest BCUT2D eigenvalue weighted by Crippen LogP contribution is -2.35. The van der Waals surface area contributed by atoms with Crippen LogP contribution in [0.2, 0.25) is 0 Å². The van der Waals surface area contributed by atoms with E-state index in [9.17, 15) is 9.59 Å². The number of morpholine rings is 1. The number of fused-ring (bicyclic) bond motifs is 1. The van der Waals surface area contributed by atoms with Crippen LogP contribution in [0.3, 0.4) is 0 Å². The molecule has 1 fully saturated rings. The molecule has 0 saturated carbocycles. The van der Waals surface area contributed by atoms with Gasteiger partial charge in [-0.2, -0.15) is 0 Å². The van der Waals surface area contributed by atoms with Crippen LogP contribution >= 0.6 is 0 Å². The van der Waals surface area contributed by atoms with E-state index in [1.807, 2.05) is 48.5 Å². The lowest BCUT2D eigenvalue weighted by Gasteiger charge is -2.26. The monoisotopic (exact) mass is 442 g/mol. The van der Waals surface area contributed by atoms with Crippen molar-refractivity contribution in [1.29, 1.82) is 0 Å². The molecular weight excluding hydrogens is 416 g/mol. The van der Waals surface area contributed by atoms with Gasteiger partial charge in [0.1, 0.15) is 0 Å². The summed E-state index contributed by atoms with van der Waals surface area (Å²) in [6.45, 7) is 5.23. The SMILES string of the molecule is O=C(Nc1ccc(CN2CCOCC2)cc1)c1cccc2c1C(=O)N(Cc1cccnc1)C2. The molecule has 0 atom stereocenters. The zero-order valence-corrected chi connectivity index (χ0v) is 18.4. The maximum absolute atomic E-state index is 13.1. The normalized spacial score (nSPS) is 16.0. The van der Waals surface area contributed by atoms with Crippen molar-refractivity contribution >= 4 is 17.5 Å². The van der Waals surface area contributed by atoms with Gasteiger partial charge in [-0.3, -0.25) is 19.5 Å². The Bertz CT molecular complexity index is 1140. The Morgan fingerprint density at radius 2 is 1.79 bits per heavy atom. The van der Waals surface area contributed by atoms with Crippen LogP contribution < -0.4 is 5.32 Å². The Morgan fingerprint density at radius 3 is 2.55 bits per heavy atom. The van der Waals surface area contributed by atoms with Gasteiger partial charge < -0.3 is 15.0 Å². The number of hydrogen-bond acceptors (Lipinski definition) is 5. The molecule has 2 aliphatic heterocycles. The molecule has 0 unspecified atom stereocenters. The van der Waals surface area contributed by atoms with Gasteiger partial charge in [0.15, 0.2) is 0 Å². The summed E-state index contributed by atoms with van der Waals surface area (Å²) in [5.41, 5.74) is 4.63. The number of ether oxygens (including phenoxy) is 1. The van der Waals surface area contributed by atoms with Crippen LogP contribution in [0.1, 0.15) is 37.4 Å². The number of anilines is 1. The minimum atomic E-state index is -0.274. The van der Waals surface area contributed by atoms with Crippen molar-refractivity contribution in [2.75, 3.05) is 31.6 Å². The topological polar surface area (TPSA) is 74.8 Å². The van der Waals surface area contributed by atoms with E-state index in [1.165, 1.54) is 5.56 Å². The maximum atomic E-state index is 13.1. The quantitative estimate of drug-likeness (QED) is 0.634. The molecule has 1 aromatic heterocycles. The number of nitrogens with one attached hydrogen (secondary N) is 1. The van der Waals surface area contributed by atoms with Gasteiger partial charge in [0.05, 0.1) is 24.3 Å². The first kappa shape index (κ1) is 21.3. The first-order valence-corrected chi connectivity index (χ1v) is 11.2. The molecule has 2 aromatic carbocycles. The fourth-order valence-electron chi connectivity index (χ4n) is 4.36. The highest BCUT2D eigenvalue weighted by Gasteiger charge is 2.31. The Balaban J connectivity index is 1.27. The molecule has 5 rings (SSSR count). The summed E-state index contributed by atoms with van der Waals surface area (Å²) in [5.74, 6) is -0.398. The minimum Gasteiger partial charge on any atom is -0.379 e. The van der Waals surface area contributed by atoms with Crippen molar-refractivity contribution in [3.63, 3.8) is 0 Å². The van der Waals surface area contributed by atoms with Gasteiger partial charge >= 0.3 is 0 Å². The van der Waals surface area contributed by atoms with E-state index >= 15 is 0 Å². The van der Waals surface area contributed by atoms with Crippen LogP contribution in [-0.4, -0.2) is 52.9 Å². The van der Waals surface area contributed by atoms with E-state index < -0.39 is 0 Å². The van der Waals surface area contributed by atoms with Gasteiger partial charge in [0.25, 0.3) is 11.8 Å². The van der Waals surface area contributed by atoms with E-state index in [2.05, 4.69) is 15.2 Å². The van der Waals surface area contributed by atoms with Crippen LogP contribution in [0.15, 0.2) is 67.0 Å². The molecule has 3 aromatic rings. The minimum absolute atomic E-state index is 0.125. The second-order valence-electron chi connectivity index (χ2n) is 8.40. The number of aromatic nitrogens is 1. The molecule has 3 heterocycles. The summed E-state index contributed by atoms with van der Waals surface area (Å²) in [4.78, 5) is 34.4. The summed E-state index contributed by atoms with van der Waals surface area (Å²) in [6.07, 6.45) is 3.47. The smallest absolute Gasteiger partial charge is 0.256 e. The average molecular weight is 443 g/mol. The van der Waals surface area contributed by atoms with Crippen LogP contribution in [-0.2, 0) is 24.4 Å². The number of rotatable bonds is 6. The predicted molar refractivity (Wildman–Crippen MR) is 125 cm³/mol. The fraction of sp³-hybridized carbons (Fsp3) is 0.269. The Labute approximate surface area is 193 Å². The van der Waals surface area contributed by atoms with Crippen LogP contribution in [0.4, 0.5) is 5.69 Å². The number of carbonyl (C=O) groups is 2. The average Bonchev–Trinajstić information content (AvgIpc) is 3.17. The third kappa shape index (κ3) is 4.79. The van der Waals surface area contributed by atoms with E-state index in [1.54, 1.807) is 23.4 Å². The molecule has 0 spiro atoms. The van der Waals surface area contributed by atoms with E-state index in [0.29, 0.717) is 29.9 Å². The standard InChI is InChI=1S/C26H26N4O3/c31-25(28-22-8-6-19(7-9-22)16-29-11-13-33-14-12-29)23-5-1-4-21-18-30(26(32)24(21)23)17-20-3-2-10-27-15-20/h1-10,15H,11-14,16-18H2,(H,28,31). The second-order valence-corrected chi connectivity index (χ2v) is 8.40. The maximum Gasteiger partial charge on any atom is 0.256 e. The third-order valence-corrected chi connectivity index (χ3v) is 6.08. The van der Waals surface area contributed by atoms with Crippen molar-refractivity contribution in [3.05, 3.63) is 94.8 Å². The summed E-state index contributed by atoms with van der Waals surface area (Å²) in [6, 6.07) is 17.1. The fourth-order valence-corrected chi connectivity index (χ4v) is 4.36. The summed E-state index contributed by atoms with van der Waals surface area (Å²) in [5, 5.41) is 2.95. The van der Waals surface area contributed by atoms with Gasteiger partial charge in [-0.1, -0.05) is 30.3 Å². The summed E-state index contributed by atoms with van der Waals surface area (Å²) in [7, 11) is 0. The second kappa shape index (κ2) is 9.52. The van der Waals surface area contributed by atoms with Crippen molar-refractivity contribution in [3.8, 4) is 0 Å². The number of nitrogens with zero attached hydrogens (tertiary/aromatic N) is 3. The van der Waals surface area contributed by atoms with Gasteiger partial charge in [-0.25, -0.2) is 0 Å². The summed E-state index contributed by atoms with van der Waals surface area (Å²) < 4.78 is 5.40. The van der Waals surface area contributed by atoms with Crippen LogP contribution in [0.25, 0.3) is 0 Å². The van der Waals surface area contributed by atoms with Gasteiger partial charge in [0, 0.05) is 50.8 Å². The number of hydrogen-bond donors (Lipinski definition) is 1. The Hall–Kier alpha value is -3.55. The van der Waals surface area contributed by atoms with E-state index in [0.717, 1.165) is 44.0 Å². The van der Waals surface area contributed by atoms with Crippen LogP contribution in [0, 0.1) is 0 Å². The van der Waals surface area contributed by atoms with Crippen molar-refractivity contribution in [2.24, 2.45) is 0 Å². The largest absolute Gasteiger partial charge is 0.379 e. The number of benzene rings is 2. The molecule has 0 radical (unpaired) electrons. The molecule has 7 heteroatoms. The molecular formula is C26H26N4O3. The zero-order chi connectivity index (χ0) is 22.6. The predicted octanol–water partition coefficient (Wildman–Crippen LogP) is 3.32. The Morgan fingerprint density at radius 1 is 0.970 bits per heavy atom. The molecule has 1 saturated heterocycles. The highest BCUT2D eigenvalue weighted by atomic mass is 16.5. The first-order chi connectivity index (χ1) is 16.2. The Kier molecular flexibility index (Phi) is 6.15. The molecule has 33 heavy (non-hydrogen) atoms. The molecule has 1 N–H and O–H groups in total. The highest BCUT2D eigenvalue weighted by Crippen LogP contribution is 2.28. The molecule has 0 aliphatic carbocycles. The van der Waals surface area contributed by atoms with E-state index in [4.69, 9.17) is 4.74 Å². The summed E-state index contributed by atoms with van der Waals surface area (Å²) >= 11 is 0. The van der Waals surface area contributed by atoms with Crippen molar-refractivity contribution < 1.29 is 14.3 Å².